The van der Waals surface area contributed by atoms with Crippen LogP contribution in [0.4, 0.5) is 5.82 Å². The second-order valence-electron chi connectivity index (χ2n) is 7.35. The Morgan fingerprint density at radius 1 is 1.06 bits per heavy atom. The Kier molecular flexibility index (Phi) is 5.31. The highest BCUT2D eigenvalue weighted by Crippen LogP contribution is 2.33. The quantitative estimate of drug-likeness (QED) is 0.501. The van der Waals surface area contributed by atoms with E-state index in [-0.39, 0.29) is 0 Å². The van der Waals surface area contributed by atoms with Crippen LogP contribution >= 0.6 is 11.5 Å². The molecule has 2 aromatic heterocycles. The first-order valence-electron chi connectivity index (χ1n) is 10.1. The molecule has 0 aliphatic carbocycles. The summed E-state index contributed by atoms with van der Waals surface area (Å²) in [6.07, 6.45) is 1.48. The van der Waals surface area contributed by atoms with Crippen molar-refractivity contribution >= 4 is 33.3 Å². The van der Waals surface area contributed by atoms with E-state index in [0.717, 1.165) is 40.0 Å². The molecule has 0 spiro atoms. The average molecular weight is 432 g/mol. The molecule has 2 aromatic carbocycles. The van der Waals surface area contributed by atoms with Gasteiger partial charge in [0.25, 0.3) is 0 Å². The van der Waals surface area contributed by atoms with E-state index in [1.54, 1.807) is 6.07 Å². The van der Waals surface area contributed by atoms with Gasteiger partial charge in [-0.25, -0.2) is 9.97 Å². The van der Waals surface area contributed by atoms with Crippen LogP contribution < -0.4 is 11.1 Å². The fraction of sp³-hybridized carbons (Fsp3) is 0.217. The molecule has 3 N–H and O–H groups in total. The van der Waals surface area contributed by atoms with Crippen molar-refractivity contribution in [1.82, 2.24) is 14.3 Å². The number of primary amides is 1. The summed E-state index contributed by atoms with van der Waals surface area (Å²) in [5, 5.41) is 4.33. The lowest BCUT2D eigenvalue weighted by Crippen LogP contribution is -2.11. The second kappa shape index (κ2) is 8.41. The highest BCUT2D eigenvalue weighted by molar-refractivity contribution is 7.14. The number of benzene rings is 2. The topological polar surface area (TPSA) is 103 Å². The monoisotopic (exact) mass is 431 g/mol. The van der Waals surface area contributed by atoms with E-state index in [1.807, 2.05) is 30.3 Å². The van der Waals surface area contributed by atoms with Crippen LogP contribution in [0.5, 0.6) is 0 Å². The summed E-state index contributed by atoms with van der Waals surface area (Å²) in [4.78, 5) is 21.5. The van der Waals surface area contributed by atoms with Gasteiger partial charge in [-0.05, 0) is 23.2 Å². The number of fused-ring (bicyclic) bond motifs is 2. The maximum Gasteiger partial charge on any atom is 0.250 e. The van der Waals surface area contributed by atoms with Gasteiger partial charge in [-0.1, -0.05) is 42.5 Å². The summed E-state index contributed by atoms with van der Waals surface area (Å²) in [5.41, 5.74) is 9.91. The number of hydrogen-bond donors (Lipinski definition) is 2. The lowest BCUT2D eigenvalue weighted by atomic mass is 10.1. The van der Waals surface area contributed by atoms with E-state index >= 15 is 0 Å². The number of nitrogens with zero attached hydrogens (tertiary/aromatic N) is 3. The predicted octanol–water partition coefficient (Wildman–Crippen LogP) is 3.58. The summed E-state index contributed by atoms with van der Waals surface area (Å²) in [6, 6.07) is 15.7. The lowest BCUT2D eigenvalue weighted by Gasteiger charge is -2.14. The molecule has 0 saturated carbocycles. The van der Waals surface area contributed by atoms with Crippen molar-refractivity contribution < 1.29 is 9.53 Å². The van der Waals surface area contributed by atoms with Gasteiger partial charge in [0, 0.05) is 30.3 Å². The molecule has 7 nitrogen and oxygen atoms in total. The van der Waals surface area contributed by atoms with E-state index in [2.05, 4.69) is 21.8 Å². The number of carbonyl (C=O) groups excluding carboxylic acids is 1. The van der Waals surface area contributed by atoms with Gasteiger partial charge >= 0.3 is 0 Å². The van der Waals surface area contributed by atoms with Gasteiger partial charge in [-0.15, -0.1) is 0 Å². The fourth-order valence-electron chi connectivity index (χ4n) is 3.80. The number of rotatable bonds is 5. The number of nitrogens with two attached hydrogens (primary N) is 1. The normalized spacial score (nSPS) is 13.5. The van der Waals surface area contributed by atoms with Crippen LogP contribution in [0.25, 0.3) is 21.6 Å². The lowest BCUT2D eigenvalue weighted by molar-refractivity contribution is 0.100. The number of anilines is 1. The van der Waals surface area contributed by atoms with Crippen molar-refractivity contribution in [1.29, 1.82) is 0 Å². The van der Waals surface area contributed by atoms with E-state index in [0.29, 0.717) is 36.8 Å². The molecule has 1 amide bonds. The molecule has 156 valence electrons. The van der Waals surface area contributed by atoms with Gasteiger partial charge in [-0.3, -0.25) is 4.79 Å². The minimum atomic E-state index is -0.467. The zero-order valence-electron chi connectivity index (χ0n) is 16.8. The first-order valence-corrected chi connectivity index (χ1v) is 10.9. The maximum absolute atomic E-state index is 11.8. The van der Waals surface area contributed by atoms with E-state index in [1.165, 1.54) is 17.1 Å². The van der Waals surface area contributed by atoms with Crippen LogP contribution in [-0.2, 0) is 24.1 Å². The third-order valence-electron chi connectivity index (χ3n) is 5.35. The molecule has 0 fully saturated rings. The molecule has 0 radical (unpaired) electrons. The standard InChI is InChI=1S/C23H21N5O2S/c24-21(29)17-8-4-7-16-19(28-31-20(16)17)23-26-18-10-12-30-11-9-15(18)22(27-23)25-13-14-5-2-1-3-6-14/h1-8H,9-13H2,(H2,24,29)(H,25,26,27). The second-order valence-corrected chi connectivity index (χ2v) is 8.12. The number of carbonyl (C=O) groups is 1. The molecule has 8 heteroatoms. The number of hydrogen-bond acceptors (Lipinski definition) is 7. The molecule has 1 aliphatic rings. The minimum absolute atomic E-state index is 0.465. The van der Waals surface area contributed by atoms with Crippen molar-refractivity contribution in [3.63, 3.8) is 0 Å². The Balaban J connectivity index is 1.59. The molecule has 3 heterocycles. The highest BCUT2D eigenvalue weighted by Gasteiger charge is 2.21. The Morgan fingerprint density at radius 3 is 2.74 bits per heavy atom. The van der Waals surface area contributed by atoms with E-state index in [4.69, 9.17) is 20.4 Å². The Morgan fingerprint density at radius 2 is 1.90 bits per heavy atom. The number of ether oxygens (including phenoxy) is 1. The molecule has 1 aliphatic heterocycles. The van der Waals surface area contributed by atoms with E-state index < -0.39 is 5.91 Å². The van der Waals surface area contributed by atoms with Crippen LogP contribution in [-0.4, -0.2) is 33.5 Å². The Bertz CT molecular complexity index is 1260. The zero-order valence-corrected chi connectivity index (χ0v) is 17.6. The minimum Gasteiger partial charge on any atom is -0.381 e. The van der Waals surface area contributed by atoms with Gasteiger partial charge in [-0.2, -0.15) is 4.37 Å². The Hall–Kier alpha value is -3.36. The average Bonchev–Trinajstić information content (AvgIpc) is 3.08. The number of nitrogens with one attached hydrogen (secondary N) is 1. The van der Waals surface area contributed by atoms with E-state index in [9.17, 15) is 4.79 Å². The highest BCUT2D eigenvalue weighted by atomic mass is 32.1. The summed E-state index contributed by atoms with van der Waals surface area (Å²) in [5.74, 6) is 0.886. The van der Waals surface area contributed by atoms with Gasteiger partial charge in [0.2, 0.25) is 5.91 Å². The van der Waals surface area contributed by atoms with Crippen molar-refractivity contribution in [3.05, 3.63) is 70.9 Å². The van der Waals surface area contributed by atoms with Crippen molar-refractivity contribution in [2.24, 2.45) is 5.73 Å². The molecule has 0 saturated heterocycles. The SMILES string of the molecule is NC(=O)c1cccc2c(-c3nc4c(c(NCc5ccccc5)n3)CCOCC4)nsc12. The van der Waals surface area contributed by atoms with Crippen LogP contribution in [0.2, 0.25) is 0 Å². The molecule has 4 aromatic rings. The van der Waals surface area contributed by atoms with Gasteiger partial charge in [0.1, 0.15) is 11.5 Å². The molecule has 0 unspecified atom stereocenters. The smallest absolute Gasteiger partial charge is 0.250 e. The molecule has 31 heavy (non-hydrogen) atoms. The number of aromatic nitrogens is 3. The van der Waals surface area contributed by atoms with Crippen LogP contribution in [0.1, 0.15) is 27.2 Å². The molecular formula is C23H21N5O2S. The van der Waals surface area contributed by atoms with Gasteiger partial charge in [0.05, 0.1) is 29.2 Å². The zero-order chi connectivity index (χ0) is 21.2. The molecule has 5 rings (SSSR count). The molecular weight excluding hydrogens is 410 g/mol. The van der Waals surface area contributed by atoms with Crippen molar-refractivity contribution in [2.45, 2.75) is 19.4 Å². The maximum atomic E-state index is 11.8. The summed E-state index contributed by atoms with van der Waals surface area (Å²) in [6.45, 7) is 1.94. The van der Waals surface area contributed by atoms with Crippen LogP contribution in [0.15, 0.2) is 48.5 Å². The van der Waals surface area contributed by atoms with Crippen molar-refractivity contribution in [2.75, 3.05) is 18.5 Å². The molecule has 0 atom stereocenters. The van der Waals surface area contributed by atoms with Gasteiger partial charge in [0.15, 0.2) is 5.82 Å². The Labute approximate surface area is 183 Å². The van der Waals surface area contributed by atoms with Crippen LogP contribution in [0.3, 0.4) is 0 Å². The van der Waals surface area contributed by atoms with Crippen LogP contribution in [0, 0.1) is 0 Å². The third kappa shape index (κ3) is 3.87. The predicted molar refractivity (Wildman–Crippen MR) is 121 cm³/mol. The largest absolute Gasteiger partial charge is 0.381 e. The number of amides is 1. The molecule has 0 bridgehead atoms. The fourth-order valence-corrected chi connectivity index (χ4v) is 4.69. The summed E-state index contributed by atoms with van der Waals surface area (Å²) >= 11 is 1.25. The summed E-state index contributed by atoms with van der Waals surface area (Å²) < 4.78 is 11.0. The first kappa shape index (κ1) is 19.6. The first-order chi connectivity index (χ1) is 15.2. The third-order valence-corrected chi connectivity index (χ3v) is 6.25. The summed E-state index contributed by atoms with van der Waals surface area (Å²) in [7, 11) is 0. The van der Waals surface area contributed by atoms with Gasteiger partial charge < -0.3 is 15.8 Å². The van der Waals surface area contributed by atoms with Crippen molar-refractivity contribution in [3.8, 4) is 11.5 Å².